The maximum absolute atomic E-state index is 14.2. The van der Waals surface area contributed by atoms with Crippen LogP contribution in [0.4, 0.5) is 15.8 Å². The van der Waals surface area contributed by atoms with Gasteiger partial charge >= 0.3 is 0 Å². The molecule has 9 heteroatoms. The molecule has 4 N–H and O–H groups in total. The van der Waals surface area contributed by atoms with Gasteiger partial charge in [0.15, 0.2) is 0 Å². The molecule has 0 bridgehead atoms. The predicted molar refractivity (Wildman–Crippen MR) is 120 cm³/mol. The predicted octanol–water partition coefficient (Wildman–Crippen LogP) is 3.05. The van der Waals surface area contributed by atoms with E-state index in [1.54, 1.807) is 36.0 Å². The molecule has 0 spiro atoms. The summed E-state index contributed by atoms with van der Waals surface area (Å²) in [5.74, 6) is -0.788. The highest BCUT2D eigenvalue weighted by molar-refractivity contribution is 7.13. The third-order valence-electron chi connectivity index (χ3n) is 5.44. The minimum atomic E-state index is -0.563. The highest BCUT2D eigenvalue weighted by Crippen LogP contribution is 2.31. The van der Waals surface area contributed by atoms with E-state index >= 15 is 0 Å². The van der Waals surface area contributed by atoms with Gasteiger partial charge in [0.05, 0.1) is 23.7 Å². The smallest absolute Gasteiger partial charge is 0.275 e. The number of rotatable bonds is 4. The number of aliphatic hydroxyl groups excluding tert-OH is 1. The number of hydrogen-bond acceptors (Lipinski definition) is 7. The van der Waals surface area contributed by atoms with Crippen molar-refractivity contribution in [1.29, 1.82) is 0 Å². The van der Waals surface area contributed by atoms with Crippen molar-refractivity contribution in [3.8, 4) is 10.6 Å². The van der Waals surface area contributed by atoms with Gasteiger partial charge in [-0.05, 0) is 25.1 Å². The van der Waals surface area contributed by atoms with Crippen molar-refractivity contribution < 1.29 is 14.3 Å². The third kappa shape index (κ3) is 4.43. The molecule has 1 fully saturated rings. The molecule has 0 aliphatic carbocycles. The Kier molecular flexibility index (Phi) is 5.99. The summed E-state index contributed by atoms with van der Waals surface area (Å²) in [6.45, 7) is 4.89. The molecule has 1 aliphatic heterocycles. The van der Waals surface area contributed by atoms with E-state index in [1.807, 2.05) is 18.7 Å². The largest absolute Gasteiger partial charge is 0.391 e. The second-order valence-electron chi connectivity index (χ2n) is 7.90. The normalized spacial score (nSPS) is 21.2. The molecule has 4 rings (SSSR count). The SMILES string of the molecule is Cc1ccc(F)c(-c2nc(C(=O)Nc3cnccc3N3C[C@@H](N)[C@H](O)[C@@H](C)C3)cs2)c1. The van der Waals surface area contributed by atoms with E-state index in [4.69, 9.17) is 5.73 Å². The molecule has 0 radical (unpaired) electrons. The van der Waals surface area contributed by atoms with E-state index in [-0.39, 0.29) is 23.5 Å². The van der Waals surface area contributed by atoms with E-state index in [2.05, 4.69) is 15.3 Å². The number of halogens is 1. The number of carbonyl (C=O) groups is 1. The van der Waals surface area contributed by atoms with Crippen LogP contribution in [-0.4, -0.2) is 46.2 Å². The summed E-state index contributed by atoms with van der Waals surface area (Å²) in [4.78, 5) is 23.3. The van der Waals surface area contributed by atoms with Crippen LogP contribution in [0.25, 0.3) is 10.6 Å². The number of nitrogens with two attached hydrogens (primary N) is 1. The second-order valence-corrected chi connectivity index (χ2v) is 8.76. The molecule has 1 aromatic carbocycles. The van der Waals surface area contributed by atoms with Crippen LogP contribution < -0.4 is 16.0 Å². The number of aryl methyl sites for hydroxylation is 1. The van der Waals surface area contributed by atoms with E-state index < -0.39 is 12.0 Å². The van der Waals surface area contributed by atoms with Crippen LogP contribution >= 0.6 is 11.3 Å². The molecule has 1 aliphatic rings. The van der Waals surface area contributed by atoms with Gasteiger partial charge in [0, 0.05) is 42.2 Å². The van der Waals surface area contributed by atoms with Crippen molar-refractivity contribution in [3.05, 3.63) is 59.1 Å². The molecule has 1 saturated heterocycles. The number of nitrogens with zero attached hydrogens (tertiary/aromatic N) is 3. The Labute approximate surface area is 183 Å². The Morgan fingerprint density at radius 1 is 1.35 bits per heavy atom. The van der Waals surface area contributed by atoms with Crippen LogP contribution in [0.1, 0.15) is 23.0 Å². The first kappa shape index (κ1) is 21.4. The topological polar surface area (TPSA) is 104 Å². The molecule has 31 heavy (non-hydrogen) atoms. The quantitative estimate of drug-likeness (QED) is 0.575. The number of thiazole rings is 1. The third-order valence-corrected chi connectivity index (χ3v) is 6.31. The van der Waals surface area contributed by atoms with Crippen molar-refractivity contribution in [2.24, 2.45) is 11.7 Å². The van der Waals surface area contributed by atoms with E-state index in [0.29, 0.717) is 29.3 Å². The number of nitrogens with one attached hydrogen (secondary N) is 1. The van der Waals surface area contributed by atoms with Gasteiger partial charge in [-0.1, -0.05) is 18.6 Å². The number of carbonyl (C=O) groups excluding carboxylic acids is 1. The van der Waals surface area contributed by atoms with Crippen molar-refractivity contribution in [2.45, 2.75) is 26.0 Å². The summed E-state index contributed by atoms with van der Waals surface area (Å²) >= 11 is 1.22. The van der Waals surface area contributed by atoms with Crippen molar-refractivity contribution in [3.63, 3.8) is 0 Å². The Bertz CT molecular complexity index is 1090. The molecule has 3 aromatic rings. The van der Waals surface area contributed by atoms with Gasteiger partial charge in [0.25, 0.3) is 5.91 Å². The molecule has 162 valence electrons. The zero-order valence-electron chi connectivity index (χ0n) is 17.2. The summed E-state index contributed by atoms with van der Waals surface area (Å²) in [6.07, 6.45) is 2.65. The number of anilines is 2. The monoisotopic (exact) mass is 441 g/mol. The molecule has 3 atom stereocenters. The highest BCUT2D eigenvalue weighted by atomic mass is 32.1. The first-order valence-electron chi connectivity index (χ1n) is 9.99. The Hall–Kier alpha value is -2.88. The van der Waals surface area contributed by atoms with Gasteiger partial charge < -0.3 is 21.1 Å². The summed E-state index contributed by atoms with van der Waals surface area (Å²) in [7, 11) is 0. The Balaban J connectivity index is 1.55. The average Bonchev–Trinajstić information content (AvgIpc) is 3.24. The summed E-state index contributed by atoms with van der Waals surface area (Å²) in [5, 5.41) is 15.1. The number of benzene rings is 1. The first-order valence-corrected chi connectivity index (χ1v) is 10.9. The number of amides is 1. The average molecular weight is 442 g/mol. The second kappa shape index (κ2) is 8.70. The van der Waals surface area contributed by atoms with Crippen LogP contribution in [0.5, 0.6) is 0 Å². The number of aromatic nitrogens is 2. The van der Waals surface area contributed by atoms with Gasteiger partial charge in [-0.2, -0.15) is 0 Å². The zero-order chi connectivity index (χ0) is 22.1. The number of pyridine rings is 1. The fourth-order valence-electron chi connectivity index (χ4n) is 3.76. The van der Waals surface area contributed by atoms with Gasteiger partial charge in [-0.25, -0.2) is 9.37 Å². The molecule has 3 heterocycles. The molecular weight excluding hydrogens is 417 g/mol. The van der Waals surface area contributed by atoms with Gasteiger partial charge in [-0.3, -0.25) is 9.78 Å². The van der Waals surface area contributed by atoms with Crippen molar-refractivity contribution >= 4 is 28.6 Å². The van der Waals surface area contributed by atoms with Crippen LogP contribution in [0, 0.1) is 18.7 Å². The zero-order valence-corrected chi connectivity index (χ0v) is 18.1. The van der Waals surface area contributed by atoms with Crippen molar-refractivity contribution in [1.82, 2.24) is 9.97 Å². The minimum Gasteiger partial charge on any atom is -0.391 e. The molecular formula is C22H24FN5O2S. The summed E-state index contributed by atoms with van der Waals surface area (Å²) in [5.41, 5.74) is 8.88. The Morgan fingerprint density at radius 3 is 2.94 bits per heavy atom. The lowest BCUT2D eigenvalue weighted by atomic mass is 9.92. The number of hydrogen-bond donors (Lipinski definition) is 3. The minimum absolute atomic E-state index is 0.00853. The lowest BCUT2D eigenvalue weighted by molar-refractivity contribution is 0.0785. The van der Waals surface area contributed by atoms with Crippen LogP contribution in [0.2, 0.25) is 0 Å². The molecule has 1 amide bonds. The summed E-state index contributed by atoms with van der Waals surface area (Å²) in [6, 6.07) is 6.22. The fourth-order valence-corrected chi connectivity index (χ4v) is 4.58. The molecule has 0 unspecified atom stereocenters. The maximum atomic E-state index is 14.2. The van der Waals surface area contributed by atoms with Crippen LogP contribution in [0.3, 0.4) is 0 Å². The van der Waals surface area contributed by atoms with Gasteiger partial charge in [0.2, 0.25) is 0 Å². The van der Waals surface area contributed by atoms with Crippen molar-refractivity contribution in [2.75, 3.05) is 23.3 Å². The van der Waals surface area contributed by atoms with Gasteiger partial charge in [0.1, 0.15) is 16.5 Å². The summed E-state index contributed by atoms with van der Waals surface area (Å²) < 4.78 is 14.2. The maximum Gasteiger partial charge on any atom is 0.275 e. The number of aliphatic hydroxyl groups is 1. The van der Waals surface area contributed by atoms with E-state index in [9.17, 15) is 14.3 Å². The lowest BCUT2D eigenvalue weighted by Crippen LogP contribution is -2.55. The van der Waals surface area contributed by atoms with Crippen LogP contribution in [-0.2, 0) is 0 Å². The molecule has 7 nitrogen and oxygen atoms in total. The van der Waals surface area contributed by atoms with Gasteiger partial charge in [-0.15, -0.1) is 11.3 Å². The Morgan fingerprint density at radius 2 is 2.16 bits per heavy atom. The van der Waals surface area contributed by atoms with Crippen LogP contribution in [0.15, 0.2) is 42.0 Å². The highest BCUT2D eigenvalue weighted by Gasteiger charge is 2.32. The number of piperidine rings is 1. The lowest BCUT2D eigenvalue weighted by Gasteiger charge is -2.40. The standard InChI is InChI=1S/C22H24FN5O2S/c1-12-3-4-15(23)14(7-12)22-27-18(11-31-22)21(30)26-17-8-25-6-5-19(17)28-9-13(2)20(29)16(24)10-28/h3-8,11,13,16,20,29H,9-10,24H2,1-2H3,(H,26,30)/t13-,16+,20+/m0/s1. The molecule has 2 aromatic heterocycles. The van der Waals surface area contributed by atoms with E-state index in [1.165, 1.54) is 17.4 Å². The molecule has 0 saturated carbocycles. The first-order chi connectivity index (χ1) is 14.8. The fraction of sp³-hybridized carbons (Fsp3) is 0.318. The van der Waals surface area contributed by atoms with E-state index in [0.717, 1.165) is 11.3 Å².